The third-order valence-electron chi connectivity index (χ3n) is 6.32. The number of carboxylic acid groups (broad SMARTS) is 1. The molecule has 2 atom stereocenters. The van der Waals surface area contributed by atoms with Crippen LogP contribution < -0.4 is 4.74 Å². The Balaban J connectivity index is 1.70. The molecule has 0 aliphatic heterocycles. The number of aliphatic carboxylic acids is 1. The Morgan fingerprint density at radius 3 is 2.55 bits per heavy atom. The van der Waals surface area contributed by atoms with Gasteiger partial charge in [-0.25, -0.2) is 0 Å². The van der Waals surface area contributed by atoms with Crippen molar-refractivity contribution < 1.29 is 14.6 Å². The minimum absolute atomic E-state index is 0.269. The Kier molecular flexibility index (Phi) is 5.51. The highest BCUT2D eigenvalue weighted by molar-refractivity contribution is 6.37. The first kappa shape index (κ1) is 21.4. The second-order valence-electron chi connectivity index (χ2n) is 8.53. The Hall–Kier alpha value is -3.44. The highest BCUT2D eigenvalue weighted by Crippen LogP contribution is 2.48. The Bertz CT molecular complexity index is 1250. The molecule has 1 saturated carbocycles. The van der Waals surface area contributed by atoms with E-state index in [1.165, 1.54) is 6.20 Å². The molecule has 5 rings (SSSR count). The van der Waals surface area contributed by atoms with E-state index < -0.39 is 17.5 Å². The zero-order chi connectivity index (χ0) is 23.0. The molecule has 2 aromatic carbocycles. The van der Waals surface area contributed by atoms with E-state index in [4.69, 9.17) is 16.3 Å². The summed E-state index contributed by atoms with van der Waals surface area (Å²) in [6, 6.07) is 19.1. The zero-order valence-electron chi connectivity index (χ0n) is 18.1. The van der Waals surface area contributed by atoms with Gasteiger partial charge < -0.3 is 9.84 Å². The van der Waals surface area contributed by atoms with Gasteiger partial charge in [-0.3, -0.25) is 4.79 Å². The van der Waals surface area contributed by atoms with Crippen molar-refractivity contribution in [1.29, 1.82) is 0 Å². The molecule has 2 aliphatic carbocycles. The van der Waals surface area contributed by atoms with E-state index in [1.807, 2.05) is 55.5 Å². The summed E-state index contributed by atoms with van der Waals surface area (Å²) in [4.78, 5) is 12.9. The smallest absolute Gasteiger partial charge is 0.324 e. The maximum Gasteiger partial charge on any atom is 0.324 e. The summed E-state index contributed by atoms with van der Waals surface area (Å²) in [5.41, 5.74) is 2.33. The summed E-state index contributed by atoms with van der Waals surface area (Å²) in [6.45, 7) is 1.99. The Morgan fingerprint density at radius 1 is 1.09 bits per heavy atom. The number of halogens is 1. The number of carbonyl (C=O) groups is 1. The van der Waals surface area contributed by atoms with E-state index in [0.717, 1.165) is 40.9 Å². The number of hydrogen-bond donors (Lipinski definition) is 1. The van der Waals surface area contributed by atoms with E-state index >= 15 is 0 Å². The number of ether oxygens (including phenoxy) is 1. The minimum atomic E-state index is -1.63. The van der Waals surface area contributed by atoms with Crippen LogP contribution in [0.25, 0.3) is 5.57 Å². The van der Waals surface area contributed by atoms with Crippen molar-refractivity contribution in [3.8, 4) is 5.75 Å². The number of allylic oxidation sites excluding steroid dienone is 2. The lowest BCUT2D eigenvalue weighted by Crippen LogP contribution is -2.49. The van der Waals surface area contributed by atoms with Gasteiger partial charge in [0.25, 0.3) is 0 Å². The van der Waals surface area contributed by atoms with Crippen LogP contribution >= 0.6 is 11.6 Å². The van der Waals surface area contributed by atoms with Crippen molar-refractivity contribution >= 4 is 23.1 Å². The topological polar surface area (TPSA) is 72.3 Å². The molecule has 0 radical (unpaired) electrons. The van der Waals surface area contributed by atoms with Crippen LogP contribution in [0.3, 0.4) is 0 Å². The lowest BCUT2D eigenvalue weighted by Gasteiger charge is -2.36. The summed E-state index contributed by atoms with van der Waals surface area (Å²) in [7, 11) is 0. The summed E-state index contributed by atoms with van der Waals surface area (Å²) in [6.07, 6.45) is 6.20. The fourth-order valence-electron chi connectivity index (χ4n) is 4.41. The first-order valence-corrected chi connectivity index (χ1v) is 11.3. The first-order chi connectivity index (χ1) is 16.0. The van der Waals surface area contributed by atoms with Crippen LogP contribution in [0.4, 0.5) is 0 Å². The average molecular weight is 459 g/mol. The van der Waals surface area contributed by atoms with Gasteiger partial charge in [0.1, 0.15) is 11.9 Å². The molecule has 1 aromatic heterocycles. The van der Waals surface area contributed by atoms with Gasteiger partial charge in [-0.15, -0.1) is 0 Å². The van der Waals surface area contributed by atoms with Crippen LogP contribution in [0.1, 0.15) is 41.1 Å². The Labute approximate surface area is 197 Å². The third-order valence-corrected chi connectivity index (χ3v) is 6.63. The van der Waals surface area contributed by atoms with Gasteiger partial charge in [0.2, 0.25) is 0 Å². The molecule has 3 aromatic rings. The van der Waals surface area contributed by atoms with Crippen molar-refractivity contribution in [2.75, 3.05) is 0 Å². The second-order valence-corrected chi connectivity index (χ2v) is 8.93. The quantitative estimate of drug-likeness (QED) is 0.516. The van der Waals surface area contributed by atoms with Crippen LogP contribution in [0.2, 0.25) is 0 Å². The highest BCUT2D eigenvalue weighted by atomic mass is 35.5. The van der Waals surface area contributed by atoms with E-state index in [-0.39, 0.29) is 5.69 Å². The summed E-state index contributed by atoms with van der Waals surface area (Å²) < 4.78 is 6.62. The van der Waals surface area contributed by atoms with Crippen molar-refractivity contribution in [3.63, 3.8) is 0 Å². The molecule has 6 heteroatoms. The highest BCUT2D eigenvalue weighted by Gasteiger charge is 2.51. The second kappa shape index (κ2) is 8.49. The van der Waals surface area contributed by atoms with Crippen LogP contribution in [0, 0.1) is 6.92 Å². The van der Waals surface area contributed by atoms with Crippen molar-refractivity contribution in [1.82, 2.24) is 10.2 Å². The lowest BCUT2D eigenvalue weighted by atomic mass is 9.73. The number of hydrogen-bond acceptors (Lipinski definition) is 4. The van der Waals surface area contributed by atoms with Gasteiger partial charge in [-0.05, 0) is 72.2 Å². The minimum Gasteiger partial charge on any atom is -0.484 e. The number of nitrogens with zero attached hydrogens (tertiary/aromatic N) is 2. The van der Waals surface area contributed by atoms with Gasteiger partial charge in [0.05, 0.1) is 5.69 Å². The average Bonchev–Trinajstić information content (AvgIpc) is 3.67. The molecule has 2 unspecified atom stereocenters. The third kappa shape index (κ3) is 3.83. The van der Waals surface area contributed by atoms with Crippen molar-refractivity contribution in [3.05, 3.63) is 106 Å². The van der Waals surface area contributed by atoms with Gasteiger partial charge in [0.15, 0.2) is 5.41 Å². The maximum atomic E-state index is 12.9. The molecule has 2 aliphatic rings. The molecule has 0 spiro atoms. The van der Waals surface area contributed by atoms with E-state index in [9.17, 15) is 9.90 Å². The Morgan fingerprint density at radius 2 is 1.88 bits per heavy atom. The monoisotopic (exact) mass is 458 g/mol. The predicted molar refractivity (Wildman–Crippen MR) is 127 cm³/mol. The number of rotatable bonds is 6. The number of aromatic nitrogens is 2. The van der Waals surface area contributed by atoms with Crippen LogP contribution in [-0.4, -0.2) is 27.4 Å². The fraction of sp³-hybridized carbons (Fsp3) is 0.222. The van der Waals surface area contributed by atoms with Crippen molar-refractivity contribution in [2.45, 2.75) is 37.2 Å². The molecule has 0 amide bonds. The molecular weight excluding hydrogens is 436 g/mol. The SMILES string of the molecule is Cc1cccc(C2CC2)c1OC1C=C(c2ccccc2)C(Cl)=CC1(C(=O)O)c1cccnn1. The fourth-order valence-corrected chi connectivity index (χ4v) is 4.76. The summed E-state index contributed by atoms with van der Waals surface area (Å²) in [5.74, 6) is 0.0709. The van der Waals surface area contributed by atoms with Crippen LogP contribution in [-0.2, 0) is 10.2 Å². The van der Waals surface area contributed by atoms with Gasteiger partial charge in [-0.1, -0.05) is 60.1 Å². The first-order valence-electron chi connectivity index (χ1n) is 10.9. The van der Waals surface area contributed by atoms with Gasteiger partial charge in [-0.2, -0.15) is 10.2 Å². The van der Waals surface area contributed by atoms with E-state index in [2.05, 4.69) is 16.3 Å². The number of carboxylic acids is 1. The molecule has 0 bridgehead atoms. The van der Waals surface area contributed by atoms with Crippen LogP contribution in [0.15, 0.2) is 84.0 Å². The number of benzene rings is 2. The van der Waals surface area contributed by atoms with E-state index in [1.54, 1.807) is 18.2 Å². The molecule has 1 fully saturated rings. The molecular formula is C27H23ClN2O3. The molecule has 33 heavy (non-hydrogen) atoms. The molecule has 1 heterocycles. The van der Waals surface area contributed by atoms with Crippen molar-refractivity contribution in [2.24, 2.45) is 0 Å². The zero-order valence-corrected chi connectivity index (χ0v) is 18.9. The summed E-state index contributed by atoms with van der Waals surface area (Å²) in [5, 5.41) is 19.0. The normalized spacial score (nSPS) is 22.3. The molecule has 166 valence electrons. The van der Waals surface area contributed by atoms with Crippen LogP contribution in [0.5, 0.6) is 5.75 Å². The van der Waals surface area contributed by atoms with E-state index in [0.29, 0.717) is 11.0 Å². The van der Waals surface area contributed by atoms with Gasteiger partial charge >= 0.3 is 5.97 Å². The lowest BCUT2D eigenvalue weighted by molar-refractivity contribution is -0.144. The number of para-hydroxylation sites is 1. The maximum absolute atomic E-state index is 12.9. The number of aryl methyl sites for hydroxylation is 1. The van der Waals surface area contributed by atoms with Gasteiger partial charge in [0, 0.05) is 11.2 Å². The molecule has 5 nitrogen and oxygen atoms in total. The molecule has 1 N–H and O–H groups in total. The predicted octanol–water partition coefficient (Wildman–Crippen LogP) is 5.65. The standard InChI is InChI=1S/C27H23ClN2O3/c1-17-7-5-10-20(19-12-13-19)25(17)33-24-15-21(18-8-3-2-4-9-18)22(28)16-27(24,26(31)32)23-11-6-14-29-30-23/h2-11,14-16,19,24H,12-13H2,1H3,(H,31,32). The molecule has 0 saturated heterocycles. The largest absolute Gasteiger partial charge is 0.484 e. The summed E-state index contributed by atoms with van der Waals surface area (Å²) >= 11 is 6.71.